The first kappa shape index (κ1) is 17.1. The van der Waals surface area contributed by atoms with Crippen LogP contribution < -0.4 is 5.32 Å². The van der Waals surface area contributed by atoms with Crippen LogP contribution in [-0.4, -0.2) is 12.2 Å². The Morgan fingerprint density at radius 3 is 2.62 bits per heavy atom. The number of thioether (sulfide) groups is 1. The van der Waals surface area contributed by atoms with Gasteiger partial charge in [0, 0.05) is 4.90 Å². The Morgan fingerprint density at radius 1 is 1.12 bits per heavy atom. The molecule has 126 valence electrons. The van der Waals surface area contributed by atoms with Gasteiger partial charge in [0.05, 0.1) is 11.6 Å². The summed E-state index contributed by atoms with van der Waals surface area (Å²) < 4.78 is 0. The Morgan fingerprint density at radius 2 is 1.88 bits per heavy atom. The average molecular weight is 340 g/mol. The van der Waals surface area contributed by atoms with Crippen molar-refractivity contribution in [2.24, 2.45) is 0 Å². The van der Waals surface area contributed by atoms with Crippen LogP contribution in [0.15, 0.2) is 47.4 Å². The van der Waals surface area contributed by atoms with Gasteiger partial charge in [-0.05, 0) is 67.2 Å². The van der Waals surface area contributed by atoms with Crippen LogP contribution in [0.5, 0.6) is 0 Å². The highest BCUT2D eigenvalue weighted by atomic mass is 32.2. The second kappa shape index (κ2) is 7.89. The summed E-state index contributed by atoms with van der Waals surface area (Å²) in [5.41, 5.74) is 4.95. The van der Waals surface area contributed by atoms with Crippen molar-refractivity contribution in [1.82, 2.24) is 5.32 Å². The summed E-state index contributed by atoms with van der Waals surface area (Å²) in [6.07, 6.45) is 7.84. The van der Waals surface area contributed by atoms with E-state index < -0.39 is 0 Å². The van der Waals surface area contributed by atoms with Crippen LogP contribution in [0.25, 0.3) is 0 Å². The number of hydrogen-bond acceptors (Lipinski definition) is 2. The zero-order valence-electron chi connectivity index (χ0n) is 14.5. The lowest BCUT2D eigenvalue weighted by atomic mass is 9.88. The van der Waals surface area contributed by atoms with Crippen LogP contribution in [0.1, 0.15) is 59.3 Å². The van der Waals surface area contributed by atoms with Crippen LogP contribution in [0, 0.1) is 0 Å². The Bertz CT molecular complexity index is 726. The first-order chi connectivity index (χ1) is 11.7. The molecule has 24 heavy (non-hydrogen) atoms. The average Bonchev–Trinajstić information content (AvgIpc) is 2.65. The highest BCUT2D eigenvalue weighted by molar-refractivity contribution is 7.98. The van der Waals surface area contributed by atoms with Gasteiger partial charge >= 0.3 is 0 Å². The molecular weight excluding hydrogens is 314 g/mol. The summed E-state index contributed by atoms with van der Waals surface area (Å²) in [4.78, 5) is 13.8. The van der Waals surface area contributed by atoms with Gasteiger partial charge in [0.25, 0.3) is 5.91 Å². The van der Waals surface area contributed by atoms with E-state index in [2.05, 4.69) is 30.4 Å². The van der Waals surface area contributed by atoms with Crippen molar-refractivity contribution in [3.63, 3.8) is 0 Å². The number of aryl methyl sites for hydroxylation is 2. The molecule has 0 bridgehead atoms. The third-order valence-electron chi connectivity index (χ3n) is 4.84. The van der Waals surface area contributed by atoms with E-state index in [0.29, 0.717) is 0 Å². The summed E-state index contributed by atoms with van der Waals surface area (Å²) in [6, 6.07) is 14.6. The number of nitrogens with one attached hydrogen (secondary N) is 1. The van der Waals surface area contributed by atoms with E-state index in [9.17, 15) is 4.79 Å². The second-order valence-corrected chi connectivity index (χ2v) is 7.22. The fraction of sp³-hybridized carbons (Fsp3) is 0.381. The molecule has 1 amide bonds. The number of benzene rings is 2. The van der Waals surface area contributed by atoms with E-state index >= 15 is 0 Å². The quantitative estimate of drug-likeness (QED) is 0.762. The van der Waals surface area contributed by atoms with Crippen molar-refractivity contribution in [3.8, 4) is 0 Å². The summed E-state index contributed by atoms with van der Waals surface area (Å²) in [5.74, 6) is 0.0181. The van der Waals surface area contributed by atoms with Crippen molar-refractivity contribution < 1.29 is 4.79 Å². The van der Waals surface area contributed by atoms with E-state index in [1.807, 2.05) is 30.5 Å². The smallest absolute Gasteiger partial charge is 0.252 e. The molecule has 0 saturated carbocycles. The summed E-state index contributed by atoms with van der Waals surface area (Å²) in [6.45, 7) is 2.13. The van der Waals surface area contributed by atoms with Crippen LogP contribution in [0.2, 0.25) is 0 Å². The van der Waals surface area contributed by atoms with E-state index in [-0.39, 0.29) is 11.9 Å². The second-order valence-electron chi connectivity index (χ2n) is 6.37. The van der Waals surface area contributed by atoms with Crippen LogP contribution in [0.4, 0.5) is 0 Å². The Labute approximate surface area is 149 Å². The van der Waals surface area contributed by atoms with Gasteiger partial charge in [0.2, 0.25) is 0 Å². The molecule has 1 aliphatic carbocycles. The number of hydrogen-bond donors (Lipinski definition) is 1. The highest BCUT2D eigenvalue weighted by Crippen LogP contribution is 2.27. The molecule has 0 aromatic heterocycles. The molecule has 1 atom stereocenters. The van der Waals surface area contributed by atoms with E-state index in [0.717, 1.165) is 16.9 Å². The SMILES string of the molecule is CCC(NC(=O)c1ccccc1SC)c1ccc2c(c1)CCCC2. The van der Waals surface area contributed by atoms with E-state index in [1.165, 1.54) is 42.4 Å². The number of amides is 1. The van der Waals surface area contributed by atoms with Gasteiger partial charge in [0.15, 0.2) is 0 Å². The molecule has 0 heterocycles. The van der Waals surface area contributed by atoms with Gasteiger partial charge in [-0.1, -0.05) is 37.3 Å². The lowest BCUT2D eigenvalue weighted by molar-refractivity contribution is 0.0932. The molecule has 1 aliphatic rings. The van der Waals surface area contributed by atoms with Crippen LogP contribution in [-0.2, 0) is 12.8 Å². The van der Waals surface area contributed by atoms with E-state index in [1.54, 1.807) is 11.8 Å². The predicted molar refractivity (Wildman–Crippen MR) is 102 cm³/mol. The largest absolute Gasteiger partial charge is 0.345 e. The fourth-order valence-electron chi connectivity index (χ4n) is 3.46. The molecule has 0 radical (unpaired) electrons. The molecule has 0 spiro atoms. The highest BCUT2D eigenvalue weighted by Gasteiger charge is 2.18. The van der Waals surface area contributed by atoms with Gasteiger partial charge in [-0.25, -0.2) is 0 Å². The monoisotopic (exact) mass is 339 g/mol. The first-order valence-electron chi connectivity index (χ1n) is 8.78. The molecule has 0 saturated heterocycles. The number of carbonyl (C=O) groups excluding carboxylic acids is 1. The zero-order valence-corrected chi connectivity index (χ0v) is 15.3. The van der Waals surface area contributed by atoms with Gasteiger partial charge < -0.3 is 5.32 Å². The summed E-state index contributed by atoms with van der Waals surface area (Å²) in [7, 11) is 0. The van der Waals surface area contributed by atoms with Crippen molar-refractivity contribution >= 4 is 17.7 Å². The van der Waals surface area contributed by atoms with Crippen LogP contribution in [0.3, 0.4) is 0 Å². The summed E-state index contributed by atoms with van der Waals surface area (Å²) in [5, 5.41) is 3.23. The van der Waals surface area contributed by atoms with E-state index in [4.69, 9.17) is 0 Å². The van der Waals surface area contributed by atoms with Crippen molar-refractivity contribution in [1.29, 1.82) is 0 Å². The minimum Gasteiger partial charge on any atom is -0.345 e. The molecule has 2 nitrogen and oxygen atoms in total. The lowest BCUT2D eigenvalue weighted by Gasteiger charge is -2.22. The maximum absolute atomic E-state index is 12.7. The minimum absolute atomic E-state index is 0.0181. The maximum Gasteiger partial charge on any atom is 0.252 e. The molecule has 0 fully saturated rings. The van der Waals surface area contributed by atoms with Gasteiger partial charge in [-0.2, -0.15) is 0 Å². The lowest BCUT2D eigenvalue weighted by Crippen LogP contribution is -2.28. The van der Waals surface area contributed by atoms with Crippen LogP contribution >= 0.6 is 11.8 Å². The zero-order chi connectivity index (χ0) is 16.9. The Kier molecular flexibility index (Phi) is 5.62. The fourth-order valence-corrected chi connectivity index (χ4v) is 4.05. The maximum atomic E-state index is 12.7. The van der Waals surface area contributed by atoms with Crippen molar-refractivity contribution in [3.05, 3.63) is 64.7 Å². The molecule has 3 rings (SSSR count). The molecule has 2 aromatic rings. The predicted octanol–water partition coefficient (Wildman–Crippen LogP) is 5.17. The molecular formula is C21H25NOS. The van der Waals surface area contributed by atoms with Crippen molar-refractivity contribution in [2.75, 3.05) is 6.26 Å². The molecule has 3 heteroatoms. The first-order valence-corrected chi connectivity index (χ1v) is 10.0. The van der Waals surface area contributed by atoms with Gasteiger partial charge in [0.1, 0.15) is 0 Å². The molecule has 0 aliphatic heterocycles. The molecule has 2 aromatic carbocycles. The number of carbonyl (C=O) groups is 1. The summed E-state index contributed by atoms with van der Waals surface area (Å²) >= 11 is 1.61. The van der Waals surface area contributed by atoms with Crippen molar-refractivity contribution in [2.45, 2.75) is 50.0 Å². The minimum atomic E-state index is 0.0181. The third kappa shape index (κ3) is 3.67. The van der Waals surface area contributed by atoms with Gasteiger partial charge in [-0.3, -0.25) is 4.79 Å². The number of fused-ring (bicyclic) bond motifs is 1. The van der Waals surface area contributed by atoms with Gasteiger partial charge in [-0.15, -0.1) is 11.8 Å². The topological polar surface area (TPSA) is 29.1 Å². The Hall–Kier alpha value is -1.74. The molecule has 1 unspecified atom stereocenters. The third-order valence-corrected chi connectivity index (χ3v) is 5.64. The normalized spacial score (nSPS) is 14.8. The standard InChI is InChI=1S/C21H25NOS/c1-3-19(17-13-12-15-8-4-5-9-16(15)14-17)22-21(23)18-10-6-7-11-20(18)24-2/h6-7,10-14,19H,3-5,8-9H2,1-2H3,(H,22,23). The Balaban J connectivity index is 1.80. The molecule has 1 N–H and O–H groups in total. The number of rotatable bonds is 5.